The molecule has 1 amide bonds. The van der Waals surface area contributed by atoms with Gasteiger partial charge < -0.3 is 9.90 Å². The van der Waals surface area contributed by atoms with Crippen LogP contribution in [0.15, 0.2) is 36.4 Å². The van der Waals surface area contributed by atoms with Crippen LogP contribution >= 0.6 is 11.3 Å². The Balaban J connectivity index is 2.02. The highest BCUT2D eigenvalue weighted by atomic mass is 32.1. The van der Waals surface area contributed by atoms with E-state index in [1.54, 1.807) is 6.07 Å². The number of thiazole rings is 1. The van der Waals surface area contributed by atoms with Crippen LogP contribution in [0.4, 0.5) is 10.8 Å². The lowest BCUT2D eigenvalue weighted by molar-refractivity contribution is -0.385. The predicted octanol–water partition coefficient (Wildman–Crippen LogP) is 2.13. The van der Waals surface area contributed by atoms with Crippen molar-refractivity contribution in [3.63, 3.8) is 0 Å². The van der Waals surface area contributed by atoms with E-state index in [2.05, 4.69) is 10.3 Å². The van der Waals surface area contributed by atoms with Crippen LogP contribution in [-0.2, 0) is 0 Å². The van der Waals surface area contributed by atoms with Crippen molar-refractivity contribution in [1.29, 1.82) is 0 Å². The summed E-state index contributed by atoms with van der Waals surface area (Å²) in [6.45, 7) is 1.91. The zero-order chi connectivity index (χ0) is 18.1. The summed E-state index contributed by atoms with van der Waals surface area (Å²) >= 11 is 1.19. The first-order valence-corrected chi connectivity index (χ1v) is 7.86. The highest BCUT2D eigenvalue weighted by Gasteiger charge is 2.25. The maximum Gasteiger partial charge on any atom is 0.282 e. The van der Waals surface area contributed by atoms with Crippen LogP contribution in [0.3, 0.4) is 0 Å². The predicted molar refractivity (Wildman–Crippen MR) is 89.7 cm³/mol. The minimum absolute atomic E-state index is 0.216. The molecule has 0 spiro atoms. The van der Waals surface area contributed by atoms with E-state index >= 15 is 0 Å². The van der Waals surface area contributed by atoms with Crippen LogP contribution in [-0.4, -0.2) is 21.8 Å². The number of nitrogens with zero attached hydrogens (tertiary/aromatic N) is 2. The molecule has 0 unspecified atom stereocenters. The largest absolute Gasteiger partial charge is 0.545 e. The highest BCUT2D eigenvalue weighted by molar-refractivity contribution is 7.22. The maximum atomic E-state index is 12.5. The van der Waals surface area contributed by atoms with Crippen molar-refractivity contribution in [1.82, 2.24) is 4.98 Å². The highest BCUT2D eigenvalue weighted by Crippen LogP contribution is 2.29. The standard InChI is InChI=1S/C16H11N3O5S/c1-8-5-6-10-12(7-8)25-16(17-10)18-14(20)13-9(15(21)22)3-2-4-11(13)19(23)24/h2-7H,1H3,(H,21,22)(H,17,18,20)/p-1. The SMILES string of the molecule is Cc1ccc2nc(NC(=O)c3c(C(=O)[O-])cccc3[N+](=O)[O-])sc2c1. The fraction of sp³-hybridized carbons (Fsp3) is 0.0625. The van der Waals surface area contributed by atoms with Gasteiger partial charge in [-0.15, -0.1) is 0 Å². The molecule has 0 saturated heterocycles. The Morgan fingerprint density at radius 3 is 2.68 bits per heavy atom. The minimum atomic E-state index is -1.67. The number of amides is 1. The van der Waals surface area contributed by atoms with Crippen molar-refractivity contribution in [3.05, 3.63) is 63.2 Å². The number of nitrogens with one attached hydrogen (secondary N) is 1. The summed E-state index contributed by atoms with van der Waals surface area (Å²) in [6.07, 6.45) is 0. The molecule has 1 N–H and O–H groups in total. The average Bonchev–Trinajstić information content (AvgIpc) is 2.95. The second-order valence-electron chi connectivity index (χ2n) is 5.19. The molecule has 3 rings (SSSR count). The number of carbonyl (C=O) groups excluding carboxylic acids is 2. The van der Waals surface area contributed by atoms with Crippen molar-refractivity contribution in [2.24, 2.45) is 0 Å². The van der Waals surface area contributed by atoms with Gasteiger partial charge in [0.25, 0.3) is 11.6 Å². The molecule has 0 bridgehead atoms. The molecule has 126 valence electrons. The first-order chi connectivity index (χ1) is 11.9. The third-order valence-corrected chi connectivity index (χ3v) is 4.38. The van der Waals surface area contributed by atoms with E-state index < -0.39 is 33.6 Å². The second kappa shape index (κ2) is 6.29. The van der Waals surface area contributed by atoms with Crippen molar-refractivity contribution in [3.8, 4) is 0 Å². The number of rotatable bonds is 4. The summed E-state index contributed by atoms with van der Waals surface area (Å²) in [4.78, 5) is 38.2. The van der Waals surface area contributed by atoms with Gasteiger partial charge in [0.1, 0.15) is 5.56 Å². The van der Waals surface area contributed by atoms with Gasteiger partial charge in [-0.2, -0.15) is 0 Å². The Morgan fingerprint density at radius 1 is 1.24 bits per heavy atom. The summed E-state index contributed by atoms with van der Waals surface area (Å²) in [5, 5.41) is 25.0. The normalized spacial score (nSPS) is 10.6. The van der Waals surface area contributed by atoms with Gasteiger partial charge >= 0.3 is 0 Å². The number of nitro groups is 1. The molecule has 0 radical (unpaired) electrons. The number of hydrogen-bond donors (Lipinski definition) is 1. The van der Waals surface area contributed by atoms with Gasteiger partial charge in [0.2, 0.25) is 0 Å². The Labute approximate surface area is 144 Å². The lowest BCUT2D eigenvalue weighted by Crippen LogP contribution is -2.27. The minimum Gasteiger partial charge on any atom is -0.545 e. The number of carboxylic acid groups (broad SMARTS) is 1. The molecule has 3 aromatic rings. The quantitative estimate of drug-likeness (QED) is 0.564. The Hall–Kier alpha value is -3.33. The molecular formula is C16H10N3O5S-. The molecule has 0 aliphatic rings. The fourth-order valence-corrected chi connectivity index (χ4v) is 3.31. The third-order valence-electron chi connectivity index (χ3n) is 3.45. The van der Waals surface area contributed by atoms with Gasteiger partial charge in [0.15, 0.2) is 5.13 Å². The van der Waals surface area contributed by atoms with E-state index in [9.17, 15) is 24.8 Å². The number of anilines is 1. The molecule has 0 saturated carbocycles. The van der Waals surface area contributed by atoms with Crippen LogP contribution in [0.1, 0.15) is 26.3 Å². The van der Waals surface area contributed by atoms with E-state index in [0.29, 0.717) is 5.52 Å². The molecule has 2 aromatic carbocycles. The van der Waals surface area contributed by atoms with Crippen LogP contribution in [0.5, 0.6) is 0 Å². The summed E-state index contributed by atoms with van der Waals surface area (Å²) in [7, 11) is 0. The van der Waals surface area contributed by atoms with Gasteiger partial charge in [-0.1, -0.05) is 29.5 Å². The first-order valence-electron chi connectivity index (χ1n) is 7.04. The molecule has 9 heteroatoms. The van der Waals surface area contributed by atoms with Crippen molar-refractivity contribution >= 4 is 44.2 Å². The van der Waals surface area contributed by atoms with E-state index in [-0.39, 0.29) is 5.13 Å². The molecular weight excluding hydrogens is 346 g/mol. The molecule has 1 heterocycles. The van der Waals surface area contributed by atoms with Gasteiger partial charge in [0.05, 0.1) is 21.1 Å². The molecule has 0 aliphatic heterocycles. The Morgan fingerprint density at radius 2 is 2.00 bits per heavy atom. The number of benzene rings is 2. The zero-order valence-corrected chi connectivity index (χ0v) is 13.6. The van der Waals surface area contributed by atoms with E-state index in [1.165, 1.54) is 17.4 Å². The van der Waals surface area contributed by atoms with E-state index in [0.717, 1.165) is 22.4 Å². The number of carboxylic acids is 1. The average molecular weight is 356 g/mol. The number of hydrogen-bond acceptors (Lipinski definition) is 7. The number of carbonyl (C=O) groups is 2. The first kappa shape index (κ1) is 16.5. The Bertz CT molecular complexity index is 996. The van der Waals surface area contributed by atoms with Crippen LogP contribution in [0.25, 0.3) is 10.2 Å². The van der Waals surface area contributed by atoms with Crippen molar-refractivity contribution in [2.75, 3.05) is 5.32 Å². The molecule has 1 aromatic heterocycles. The molecule has 0 fully saturated rings. The molecule has 0 atom stereocenters. The van der Waals surface area contributed by atoms with Crippen LogP contribution in [0, 0.1) is 17.0 Å². The second-order valence-corrected chi connectivity index (χ2v) is 6.22. The lowest BCUT2D eigenvalue weighted by atomic mass is 10.0. The van der Waals surface area contributed by atoms with E-state index in [4.69, 9.17) is 0 Å². The third kappa shape index (κ3) is 3.17. The number of aromatic nitrogens is 1. The van der Waals surface area contributed by atoms with Gasteiger partial charge in [0, 0.05) is 11.6 Å². The summed E-state index contributed by atoms with van der Waals surface area (Å²) in [6, 6.07) is 8.86. The van der Waals surface area contributed by atoms with E-state index in [1.807, 2.05) is 19.1 Å². The lowest BCUT2D eigenvalue weighted by Gasteiger charge is -2.09. The summed E-state index contributed by atoms with van der Waals surface area (Å²) < 4.78 is 0.831. The van der Waals surface area contributed by atoms with Crippen molar-refractivity contribution in [2.45, 2.75) is 6.92 Å². The Kier molecular flexibility index (Phi) is 4.15. The van der Waals surface area contributed by atoms with Gasteiger partial charge in [-0.25, -0.2) is 4.98 Å². The van der Waals surface area contributed by atoms with Gasteiger partial charge in [-0.3, -0.25) is 20.2 Å². The number of nitro benzene ring substituents is 1. The summed E-state index contributed by atoms with van der Waals surface area (Å²) in [5.74, 6) is -2.60. The zero-order valence-electron chi connectivity index (χ0n) is 12.8. The summed E-state index contributed by atoms with van der Waals surface area (Å²) in [5.41, 5.74) is -0.0525. The number of aryl methyl sites for hydroxylation is 1. The maximum absolute atomic E-state index is 12.5. The van der Waals surface area contributed by atoms with Crippen LogP contribution < -0.4 is 10.4 Å². The topological polar surface area (TPSA) is 125 Å². The number of aromatic carboxylic acids is 1. The number of fused-ring (bicyclic) bond motifs is 1. The molecule has 0 aliphatic carbocycles. The molecule has 8 nitrogen and oxygen atoms in total. The van der Waals surface area contributed by atoms with Crippen molar-refractivity contribution < 1.29 is 19.6 Å². The monoisotopic (exact) mass is 356 g/mol. The smallest absolute Gasteiger partial charge is 0.282 e. The van der Waals surface area contributed by atoms with Crippen LogP contribution in [0.2, 0.25) is 0 Å². The van der Waals surface area contributed by atoms with Gasteiger partial charge in [-0.05, 0) is 24.6 Å². The fourth-order valence-electron chi connectivity index (χ4n) is 2.35. The molecule has 25 heavy (non-hydrogen) atoms.